The van der Waals surface area contributed by atoms with E-state index in [0.717, 1.165) is 6.42 Å². The first-order valence-corrected chi connectivity index (χ1v) is 5.88. The minimum absolute atomic E-state index is 0.101. The molecule has 1 heterocycles. The van der Waals surface area contributed by atoms with E-state index < -0.39 is 0 Å². The molecular formula is C12H17ClN2O. The largest absolute Gasteiger partial charge is 0.345 e. The molecule has 0 saturated carbocycles. The van der Waals surface area contributed by atoms with Crippen molar-refractivity contribution in [3.05, 3.63) is 30.1 Å². The lowest BCUT2D eigenvalue weighted by atomic mass is 10.1. The number of alkyl halides is 1. The lowest BCUT2D eigenvalue weighted by Crippen LogP contribution is -2.33. The van der Waals surface area contributed by atoms with Gasteiger partial charge in [-0.3, -0.25) is 9.78 Å². The molecule has 1 amide bonds. The van der Waals surface area contributed by atoms with Gasteiger partial charge in [0.1, 0.15) is 0 Å². The molecule has 1 unspecified atom stereocenters. The predicted octanol–water partition coefficient (Wildman–Crippen LogP) is 1.96. The van der Waals surface area contributed by atoms with Gasteiger partial charge in [-0.15, -0.1) is 11.6 Å². The Morgan fingerprint density at radius 2 is 2.12 bits per heavy atom. The number of nitrogens with zero attached hydrogens (tertiary/aromatic N) is 2. The Hall–Kier alpha value is -1.09. The molecule has 1 aromatic rings. The number of hydrogen-bond donors (Lipinski definition) is 0. The predicted molar refractivity (Wildman–Crippen MR) is 65.5 cm³/mol. The molecule has 0 aliphatic rings. The van der Waals surface area contributed by atoms with E-state index in [0.29, 0.717) is 12.4 Å². The molecule has 1 rings (SSSR count). The van der Waals surface area contributed by atoms with Crippen LogP contribution in [0.15, 0.2) is 24.5 Å². The topological polar surface area (TPSA) is 33.2 Å². The molecule has 3 nitrogen and oxygen atoms in total. The van der Waals surface area contributed by atoms with Gasteiger partial charge >= 0.3 is 0 Å². The molecule has 0 bridgehead atoms. The summed E-state index contributed by atoms with van der Waals surface area (Å²) in [7, 11) is 1.81. The van der Waals surface area contributed by atoms with Crippen LogP contribution >= 0.6 is 11.6 Å². The summed E-state index contributed by atoms with van der Waals surface area (Å²) in [6, 6.07) is 3.92. The first-order chi connectivity index (χ1) is 7.65. The summed E-state index contributed by atoms with van der Waals surface area (Å²) < 4.78 is 0. The molecule has 0 radical (unpaired) electrons. The molecule has 1 atom stereocenters. The number of hydrogen-bond acceptors (Lipinski definition) is 2. The first kappa shape index (κ1) is 13.0. The van der Waals surface area contributed by atoms with Crippen molar-refractivity contribution in [2.45, 2.75) is 13.3 Å². The van der Waals surface area contributed by atoms with Gasteiger partial charge in [0.15, 0.2) is 0 Å². The maximum absolute atomic E-state index is 11.7. The fourth-order valence-electron chi connectivity index (χ4n) is 1.40. The van der Waals surface area contributed by atoms with E-state index in [9.17, 15) is 4.79 Å². The highest BCUT2D eigenvalue weighted by atomic mass is 35.5. The smallest absolute Gasteiger partial charge is 0.226 e. The SMILES string of the molecule is CC(CCl)C(=O)N(C)CCc1ccncc1. The third kappa shape index (κ3) is 3.81. The second-order valence-corrected chi connectivity index (χ2v) is 4.23. The fourth-order valence-corrected chi connectivity index (χ4v) is 1.53. The standard InChI is InChI=1S/C12H17ClN2O/c1-10(9-13)12(16)15(2)8-5-11-3-6-14-7-4-11/h3-4,6-7,10H,5,8-9H2,1-2H3. The Morgan fingerprint density at radius 3 is 2.69 bits per heavy atom. The quantitative estimate of drug-likeness (QED) is 0.738. The number of amides is 1. The van der Waals surface area contributed by atoms with E-state index in [1.807, 2.05) is 26.1 Å². The molecule has 0 saturated heterocycles. The lowest BCUT2D eigenvalue weighted by Gasteiger charge is -2.20. The van der Waals surface area contributed by atoms with Gasteiger partial charge in [-0.2, -0.15) is 0 Å². The Morgan fingerprint density at radius 1 is 1.50 bits per heavy atom. The Labute approximate surface area is 101 Å². The molecule has 0 aromatic carbocycles. The number of rotatable bonds is 5. The van der Waals surface area contributed by atoms with Crippen molar-refractivity contribution < 1.29 is 4.79 Å². The fraction of sp³-hybridized carbons (Fsp3) is 0.500. The second kappa shape index (κ2) is 6.48. The average molecular weight is 241 g/mol. The Balaban J connectivity index is 2.41. The third-order valence-electron chi connectivity index (χ3n) is 2.51. The zero-order valence-corrected chi connectivity index (χ0v) is 10.4. The van der Waals surface area contributed by atoms with Crippen LogP contribution in [-0.2, 0) is 11.2 Å². The van der Waals surface area contributed by atoms with Crippen LogP contribution in [0.4, 0.5) is 0 Å². The molecule has 16 heavy (non-hydrogen) atoms. The van der Waals surface area contributed by atoms with Crippen molar-refractivity contribution in [1.82, 2.24) is 9.88 Å². The summed E-state index contributed by atoms with van der Waals surface area (Å²) in [5, 5.41) is 0. The molecule has 0 N–H and O–H groups in total. The van der Waals surface area contributed by atoms with Crippen LogP contribution in [0.25, 0.3) is 0 Å². The highest BCUT2D eigenvalue weighted by Crippen LogP contribution is 2.05. The summed E-state index contributed by atoms with van der Waals surface area (Å²) in [5.41, 5.74) is 1.19. The van der Waals surface area contributed by atoms with E-state index in [4.69, 9.17) is 11.6 Å². The van der Waals surface area contributed by atoms with Crippen LogP contribution in [0, 0.1) is 5.92 Å². The van der Waals surface area contributed by atoms with Crippen molar-refractivity contribution in [3.8, 4) is 0 Å². The summed E-state index contributed by atoms with van der Waals surface area (Å²) in [6.07, 6.45) is 4.37. The van der Waals surface area contributed by atoms with Crippen LogP contribution in [-0.4, -0.2) is 35.3 Å². The first-order valence-electron chi connectivity index (χ1n) is 5.35. The van der Waals surface area contributed by atoms with Gasteiger partial charge in [-0.05, 0) is 24.1 Å². The average Bonchev–Trinajstić information content (AvgIpc) is 2.35. The van der Waals surface area contributed by atoms with Crippen LogP contribution in [0.2, 0.25) is 0 Å². The molecule has 4 heteroatoms. The highest BCUT2D eigenvalue weighted by molar-refractivity contribution is 6.19. The molecule has 0 aliphatic heterocycles. The van der Waals surface area contributed by atoms with Gasteiger partial charge in [0, 0.05) is 37.8 Å². The molecule has 0 spiro atoms. The second-order valence-electron chi connectivity index (χ2n) is 3.92. The Bertz CT molecular complexity index is 329. The van der Waals surface area contributed by atoms with Crippen LogP contribution < -0.4 is 0 Å². The normalized spacial score (nSPS) is 12.2. The number of likely N-dealkylation sites (N-methyl/N-ethyl adjacent to an activating group) is 1. The summed E-state index contributed by atoms with van der Waals surface area (Å²) in [5.74, 6) is 0.367. The van der Waals surface area contributed by atoms with Crippen molar-refractivity contribution in [2.24, 2.45) is 5.92 Å². The van der Waals surface area contributed by atoms with Gasteiger partial charge in [0.25, 0.3) is 0 Å². The van der Waals surface area contributed by atoms with E-state index in [2.05, 4.69) is 4.98 Å². The molecular weight excluding hydrogens is 224 g/mol. The minimum Gasteiger partial charge on any atom is -0.345 e. The molecule has 0 aliphatic carbocycles. The van der Waals surface area contributed by atoms with Gasteiger partial charge < -0.3 is 4.90 Å². The maximum atomic E-state index is 11.7. The number of halogens is 1. The maximum Gasteiger partial charge on any atom is 0.226 e. The third-order valence-corrected chi connectivity index (χ3v) is 2.98. The van der Waals surface area contributed by atoms with Crippen LogP contribution in [0.1, 0.15) is 12.5 Å². The van der Waals surface area contributed by atoms with Crippen molar-refractivity contribution >= 4 is 17.5 Å². The van der Waals surface area contributed by atoms with Crippen LogP contribution in [0.5, 0.6) is 0 Å². The highest BCUT2D eigenvalue weighted by Gasteiger charge is 2.15. The van der Waals surface area contributed by atoms with Gasteiger partial charge in [0.05, 0.1) is 0 Å². The number of carbonyl (C=O) groups is 1. The van der Waals surface area contributed by atoms with Gasteiger partial charge in [-0.25, -0.2) is 0 Å². The summed E-state index contributed by atoms with van der Waals surface area (Å²) in [6.45, 7) is 2.56. The minimum atomic E-state index is -0.107. The number of aromatic nitrogens is 1. The number of pyridine rings is 1. The van der Waals surface area contributed by atoms with E-state index >= 15 is 0 Å². The van der Waals surface area contributed by atoms with E-state index in [1.165, 1.54) is 5.56 Å². The van der Waals surface area contributed by atoms with Crippen molar-refractivity contribution in [1.29, 1.82) is 0 Å². The van der Waals surface area contributed by atoms with Gasteiger partial charge in [-0.1, -0.05) is 6.92 Å². The lowest BCUT2D eigenvalue weighted by molar-refractivity contribution is -0.132. The summed E-state index contributed by atoms with van der Waals surface area (Å²) in [4.78, 5) is 17.4. The van der Waals surface area contributed by atoms with Crippen molar-refractivity contribution in [2.75, 3.05) is 19.5 Å². The van der Waals surface area contributed by atoms with Crippen LogP contribution in [0.3, 0.4) is 0 Å². The zero-order chi connectivity index (χ0) is 12.0. The number of carbonyl (C=O) groups excluding carboxylic acids is 1. The Kier molecular flexibility index (Phi) is 5.26. The van der Waals surface area contributed by atoms with Gasteiger partial charge in [0.2, 0.25) is 5.91 Å². The molecule has 1 aromatic heterocycles. The monoisotopic (exact) mass is 240 g/mol. The van der Waals surface area contributed by atoms with E-state index in [-0.39, 0.29) is 11.8 Å². The zero-order valence-electron chi connectivity index (χ0n) is 9.69. The summed E-state index contributed by atoms with van der Waals surface area (Å²) >= 11 is 5.65. The molecule has 88 valence electrons. The van der Waals surface area contributed by atoms with E-state index in [1.54, 1.807) is 17.3 Å². The molecule has 0 fully saturated rings. The van der Waals surface area contributed by atoms with Crippen molar-refractivity contribution in [3.63, 3.8) is 0 Å².